The van der Waals surface area contributed by atoms with Crippen molar-refractivity contribution in [2.75, 3.05) is 0 Å². The Morgan fingerprint density at radius 1 is 1.47 bits per heavy atom. The maximum atomic E-state index is 8.77. The number of aliphatic hydroxyl groups is 1. The predicted molar refractivity (Wildman–Crippen MR) is 58.4 cm³/mol. The molecule has 1 aromatic carbocycles. The second-order valence-electron chi connectivity index (χ2n) is 2.80. The van der Waals surface area contributed by atoms with Crippen molar-refractivity contribution in [2.45, 2.75) is 6.61 Å². The fraction of sp³-hybridized carbons (Fsp3) is 0.111. The number of nitrogens with zero attached hydrogens (tertiary/aromatic N) is 2. The number of benzene rings is 1. The summed E-state index contributed by atoms with van der Waals surface area (Å²) in [6.07, 6.45) is 0. The summed E-state index contributed by atoms with van der Waals surface area (Å²) in [5.74, 6) is 0.618. The van der Waals surface area contributed by atoms with Crippen LogP contribution in [0.15, 0.2) is 27.2 Å². The van der Waals surface area contributed by atoms with E-state index in [1.807, 2.05) is 0 Å². The molecule has 0 aliphatic heterocycles. The van der Waals surface area contributed by atoms with E-state index in [0.29, 0.717) is 10.8 Å². The molecule has 0 bridgehead atoms. The summed E-state index contributed by atoms with van der Waals surface area (Å²) >= 11 is 9.15. The van der Waals surface area contributed by atoms with Crippen LogP contribution >= 0.6 is 27.5 Å². The van der Waals surface area contributed by atoms with Crippen LogP contribution in [0.3, 0.4) is 0 Å². The molecule has 1 N–H and O–H groups in total. The van der Waals surface area contributed by atoms with E-state index in [1.54, 1.807) is 18.2 Å². The van der Waals surface area contributed by atoms with E-state index in [-0.39, 0.29) is 12.5 Å². The van der Waals surface area contributed by atoms with Crippen molar-refractivity contribution in [2.24, 2.45) is 0 Å². The second kappa shape index (κ2) is 4.30. The van der Waals surface area contributed by atoms with E-state index >= 15 is 0 Å². The lowest BCUT2D eigenvalue weighted by Crippen LogP contribution is -1.83. The smallest absolute Gasteiger partial charge is 0.252 e. The fourth-order valence-electron chi connectivity index (χ4n) is 1.07. The summed E-state index contributed by atoms with van der Waals surface area (Å²) in [4.78, 5) is 3.98. The van der Waals surface area contributed by atoms with Gasteiger partial charge in [-0.2, -0.15) is 4.98 Å². The van der Waals surface area contributed by atoms with Crippen LogP contribution < -0.4 is 0 Å². The Morgan fingerprint density at radius 3 is 2.87 bits per heavy atom. The molecule has 0 fully saturated rings. The third kappa shape index (κ3) is 2.19. The number of rotatable bonds is 2. The highest BCUT2D eigenvalue weighted by Gasteiger charge is 2.08. The first-order valence-corrected chi connectivity index (χ1v) is 5.26. The lowest BCUT2D eigenvalue weighted by Gasteiger charge is -1.97. The Labute approximate surface area is 99.0 Å². The Bertz CT molecular complexity index is 487. The monoisotopic (exact) mass is 288 g/mol. The van der Waals surface area contributed by atoms with Gasteiger partial charge in [0.15, 0.2) is 0 Å². The predicted octanol–water partition coefficient (Wildman–Crippen LogP) is 2.64. The zero-order valence-electron chi connectivity index (χ0n) is 7.44. The van der Waals surface area contributed by atoms with E-state index in [2.05, 4.69) is 26.1 Å². The van der Waals surface area contributed by atoms with Gasteiger partial charge < -0.3 is 9.63 Å². The van der Waals surface area contributed by atoms with E-state index in [1.165, 1.54) is 0 Å². The molecule has 0 unspecified atom stereocenters. The van der Waals surface area contributed by atoms with Crippen molar-refractivity contribution in [3.05, 3.63) is 33.6 Å². The third-order valence-corrected chi connectivity index (χ3v) is 3.00. The van der Waals surface area contributed by atoms with Gasteiger partial charge in [-0.05, 0) is 34.1 Å². The van der Waals surface area contributed by atoms with Crippen LogP contribution in [-0.4, -0.2) is 15.2 Å². The van der Waals surface area contributed by atoms with Crippen molar-refractivity contribution in [3.8, 4) is 11.4 Å². The molecule has 0 atom stereocenters. The molecular weight excluding hydrogens is 283 g/mol. The largest absolute Gasteiger partial charge is 0.387 e. The van der Waals surface area contributed by atoms with Gasteiger partial charge in [0, 0.05) is 10.0 Å². The highest BCUT2D eigenvalue weighted by Crippen LogP contribution is 2.27. The van der Waals surface area contributed by atoms with Crippen LogP contribution in [0.25, 0.3) is 11.4 Å². The van der Waals surface area contributed by atoms with Gasteiger partial charge >= 0.3 is 0 Å². The summed E-state index contributed by atoms with van der Waals surface area (Å²) in [6, 6.07) is 5.30. The first kappa shape index (κ1) is 10.6. The van der Waals surface area contributed by atoms with Crippen molar-refractivity contribution in [3.63, 3.8) is 0 Å². The molecule has 0 spiro atoms. The maximum Gasteiger partial charge on any atom is 0.252 e. The summed E-state index contributed by atoms with van der Waals surface area (Å²) in [5.41, 5.74) is 0.773. The molecule has 2 rings (SSSR count). The van der Waals surface area contributed by atoms with E-state index in [9.17, 15) is 0 Å². The SMILES string of the molecule is OCc1nc(-c2ccc(Cl)c(Br)c2)no1. The molecule has 6 heteroatoms. The molecule has 15 heavy (non-hydrogen) atoms. The molecule has 78 valence electrons. The second-order valence-corrected chi connectivity index (χ2v) is 4.06. The highest BCUT2D eigenvalue weighted by molar-refractivity contribution is 9.10. The van der Waals surface area contributed by atoms with Crippen LogP contribution in [-0.2, 0) is 6.61 Å². The minimum atomic E-state index is -0.262. The maximum absolute atomic E-state index is 8.77. The third-order valence-electron chi connectivity index (χ3n) is 1.78. The van der Waals surface area contributed by atoms with Crippen molar-refractivity contribution in [1.29, 1.82) is 0 Å². The minimum absolute atomic E-state index is 0.191. The molecule has 0 saturated heterocycles. The number of aromatic nitrogens is 2. The molecular formula is C9H6BrClN2O2. The highest BCUT2D eigenvalue weighted by atomic mass is 79.9. The lowest BCUT2D eigenvalue weighted by molar-refractivity contribution is 0.222. The van der Waals surface area contributed by atoms with Gasteiger partial charge in [0.05, 0.1) is 5.02 Å². The first-order chi connectivity index (χ1) is 7.20. The van der Waals surface area contributed by atoms with E-state index in [4.69, 9.17) is 21.2 Å². The van der Waals surface area contributed by atoms with Crippen LogP contribution in [0.4, 0.5) is 0 Å². The van der Waals surface area contributed by atoms with Crippen molar-refractivity contribution >= 4 is 27.5 Å². The van der Waals surface area contributed by atoms with Crippen molar-refractivity contribution < 1.29 is 9.63 Å². The Kier molecular flexibility index (Phi) is 3.04. The topological polar surface area (TPSA) is 59.2 Å². The van der Waals surface area contributed by atoms with Gasteiger partial charge in [-0.1, -0.05) is 16.8 Å². The number of halogens is 2. The van der Waals surface area contributed by atoms with Gasteiger partial charge in [0.25, 0.3) is 5.89 Å². The minimum Gasteiger partial charge on any atom is -0.387 e. The molecule has 1 heterocycles. The van der Waals surface area contributed by atoms with Gasteiger partial charge in [-0.15, -0.1) is 0 Å². The molecule has 0 aliphatic rings. The van der Waals surface area contributed by atoms with Gasteiger partial charge in [-0.25, -0.2) is 0 Å². The van der Waals surface area contributed by atoms with E-state index < -0.39 is 0 Å². The van der Waals surface area contributed by atoms with Crippen LogP contribution in [0.5, 0.6) is 0 Å². The Balaban J connectivity index is 2.40. The Hall–Kier alpha value is -0.910. The fourth-order valence-corrected chi connectivity index (χ4v) is 1.57. The summed E-state index contributed by atoms with van der Waals surface area (Å²) in [7, 11) is 0. The van der Waals surface area contributed by atoms with Gasteiger partial charge in [0.1, 0.15) is 6.61 Å². The van der Waals surface area contributed by atoms with Gasteiger partial charge in [0.2, 0.25) is 5.82 Å². The van der Waals surface area contributed by atoms with Crippen LogP contribution in [0.2, 0.25) is 5.02 Å². The zero-order valence-corrected chi connectivity index (χ0v) is 9.79. The van der Waals surface area contributed by atoms with Crippen molar-refractivity contribution in [1.82, 2.24) is 10.1 Å². The zero-order chi connectivity index (χ0) is 10.8. The first-order valence-electron chi connectivity index (χ1n) is 4.09. The molecule has 1 aromatic heterocycles. The Morgan fingerprint density at radius 2 is 2.27 bits per heavy atom. The quantitative estimate of drug-likeness (QED) is 0.923. The van der Waals surface area contributed by atoms with Crippen LogP contribution in [0.1, 0.15) is 5.89 Å². The number of hydrogen-bond acceptors (Lipinski definition) is 4. The molecule has 2 aromatic rings. The molecule has 0 saturated carbocycles. The summed E-state index contributed by atoms with van der Waals surface area (Å²) in [6.45, 7) is -0.262. The number of hydrogen-bond donors (Lipinski definition) is 1. The molecule has 0 amide bonds. The molecule has 4 nitrogen and oxygen atoms in total. The number of aliphatic hydroxyl groups excluding tert-OH is 1. The standard InChI is InChI=1S/C9H6BrClN2O2/c10-6-3-5(1-2-7(6)11)9-12-8(4-14)15-13-9/h1-3,14H,4H2. The normalized spacial score (nSPS) is 10.6. The lowest BCUT2D eigenvalue weighted by atomic mass is 10.2. The average molecular weight is 290 g/mol. The summed E-state index contributed by atoms with van der Waals surface area (Å²) < 4.78 is 5.54. The van der Waals surface area contributed by atoms with E-state index in [0.717, 1.165) is 10.0 Å². The van der Waals surface area contributed by atoms with Crippen LogP contribution in [0, 0.1) is 0 Å². The molecule has 0 aliphatic carbocycles. The molecule has 0 radical (unpaired) electrons. The summed E-state index contributed by atoms with van der Waals surface area (Å²) in [5, 5.41) is 13.1. The average Bonchev–Trinajstić information content (AvgIpc) is 2.70. The van der Waals surface area contributed by atoms with Gasteiger partial charge in [-0.3, -0.25) is 0 Å².